The van der Waals surface area contributed by atoms with Crippen molar-refractivity contribution >= 4 is 43.0 Å². The summed E-state index contributed by atoms with van der Waals surface area (Å²) in [6.45, 7) is 3.61. The number of anilines is 3. The van der Waals surface area contributed by atoms with Crippen LogP contribution in [0.15, 0.2) is 47.4 Å². The Morgan fingerprint density at radius 3 is 2.55 bits per heavy atom. The monoisotopic (exact) mass is 467 g/mol. The Kier molecular flexibility index (Phi) is 6.75. The second-order valence-corrected chi connectivity index (χ2v) is 10.7. The van der Waals surface area contributed by atoms with E-state index >= 15 is 0 Å². The van der Waals surface area contributed by atoms with Gasteiger partial charge in [0.25, 0.3) is 10.0 Å². The molecule has 1 heterocycles. The minimum absolute atomic E-state index is 0.0243. The molecular formula is C20H25N3O6S2. The maximum absolute atomic E-state index is 13.2. The molecule has 0 atom stereocenters. The second kappa shape index (κ2) is 9.15. The van der Waals surface area contributed by atoms with E-state index in [1.807, 2.05) is 0 Å². The molecule has 2 aromatic carbocycles. The number of sulfonamides is 2. The molecule has 0 bridgehead atoms. The van der Waals surface area contributed by atoms with Gasteiger partial charge in [0.15, 0.2) is 0 Å². The van der Waals surface area contributed by atoms with Crippen molar-refractivity contribution in [3.63, 3.8) is 0 Å². The van der Waals surface area contributed by atoms with Crippen molar-refractivity contribution in [2.45, 2.75) is 31.6 Å². The third-order valence-corrected chi connectivity index (χ3v) is 7.86. The number of nitrogens with one attached hydrogen (secondary N) is 2. The number of rotatable bonds is 7. The predicted octanol–water partition coefficient (Wildman–Crippen LogP) is 2.77. The largest absolute Gasteiger partial charge is 0.492 e. The van der Waals surface area contributed by atoms with Crippen LogP contribution in [0.1, 0.15) is 26.7 Å². The second-order valence-electron chi connectivity index (χ2n) is 7.03. The van der Waals surface area contributed by atoms with Crippen molar-refractivity contribution in [3.8, 4) is 5.75 Å². The van der Waals surface area contributed by atoms with Crippen LogP contribution >= 0.6 is 0 Å². The average molecular weight is 468 g/mol. The summed E-state index contributed by atoms with van der Waals surface area (Å²) in [7, 11) is -7.62. The van der Waals surface area contributed by atoms with Gasteiger partial charge >= 0.3 is 0 Å². The highest BCUT2D eigenvalue weighted by atomic mass is 32.2. The van der Waals surface area contributed by atoms with Gasteiger partial charge in [-0.25, -0.2) is 16.8 Å². The molecule has 1 aliphatic rings. The van der Waals surface area contributed by atoms with Gasteiger partial charge in [-0.1, -0.05) is 6.07 Å². The Balaban J connectivity index is 1.99. The third kappa shape index (κ3) is 5.47. The Morgan fingerprint density at radius 1 is 1.13 bits per heavy atom. The van der Waals surface area contributed by atoms with Gasteiger partial charge in [0.1, 0.15) is 10.6 Å². The summed E-state index contributed by atoms with van der Waals surface area (Å²) in [6, 6.07) is 10.6. The zero-order chi connectivity index (χ0) is 22.6. The number of hydrogen-bond acceptors (Lipinski definition) is 6. The van der Waals surface area contributed by atoms with Gasteiger partial charge in [-0.2, -0.15) is 0 Å². The van der Waals surface area contributed by atoms with Gasteiger partial charge in [0.05, 0.1) is 23.7 Å². The fourth-order valence-electron chi connectivity index (χ4n) is 3.29. The quantitative estimate of drug-likeness (QED) is 0.646. The van der Waals surface area contributed by atoms with Crippen LogP contribution in [-0.2, 0) is 24.8 Å². The van der Waals surface area contributed by atoms with Crippen LogP contribution in [0.4, 0.5) is 17.1 Å². The number of benzene rings is 2. The number of carbonyl (C=O) groups excluding carboxylic acids is 1. The van der Waals surface area contributed by atoms with Crippen LogP contribution < -0.4 is 19.1 Å². The molecule has 0 aromatic heterocycles. The van der Waals surface area contributed by atoms with Gasteiger partial charge in [-0.3, -0.25) is 13.8 Å². The first kappa shape index (κ1) is 22.9. The Morgan fingerprint density at radius 2 is 1.87 bits per heavy atom. The smallest absolute Gasteiger partial charge is 0.265 e. The molecule has 9 nitrogen and oxygen atoms in total. The minimum atomic E-state index is -4.12. The fourth-order valence-corrected chi connectivity index (χ4v) is 6.14. The zero-order valence-corrected chi connectivity index (χ0v) is 18.9. The number of hydrogen-bond donors (Lipinski definition) is 2. The summed E-state index contributed by atoms with van der Waals surface area (Å²) in [4.78, 5) is 11.1. The van der Waals surface area contributed by atoms with E-state index < -0.39 is 20.0 Å². The first-order chi connectivity index (χ1) is 14.6. The van der Waals surface area contributed by atoms with E-state index in [2.05, 4.69) is 10.0 Å². The van der Waals surface area contributed by atoms with Crippen molar-refractivity contribution in [1.29, 1.82) is 0 Å². The molecule has 0 aliphatic carbocycles. The van der Waals surface area contributed by atoms with Crippen molar-refractivity contribution in [2.24, 2.45) is 0 Å². The van der Waals surface area contributed by atoms with E-state index in [1.54, 1.807) is 31.2 Å². The summed E-state index contributed by atoms with van der Waals surface area (Å²) in [5, 5.41) is 2.59. The number of nitrogens with zero attached hydrogens (tertiary/aromatic N) is 1. The van der Waals surface area contributed by atoms with Crippen LogP contribution in [0.2, 0.25) is 0 Å². The minimum Gasteiger partial charge on any atom is -0.492 e. The van der Waals surface area contributed by atoms with Gasteiger partial charge < -0.3 is 10.1 Å². The van der Waals surface area contributed by atoms with Crippen molar-refractivity contribution in [1.82, 2.24) is 0 Å². The van der Waals surface area contributed by atoms with Crippen LogP contribution in [-0.4, -0.2) is 41.6 Å². The highest BCUT2D eigenvalue weighted by Crippen LogP contribution is 2.33. The van der Waals surface area contributed by atoms with Crippen LogP contribution in [0.5, 0.6) is 5.75 Å². The molecule has 1 fully saturated rings. The van der Waals surface area contributed by atoms with E-state index in [0.29, 0.717) is 25.1 Å². The topological polar surface area (TPSA) is 122 Å². The van der Waals surface area contributed by atoms with Crippen LogP contribution in [0.3, 0.4) is 0 Å². The van der Waals surface area contributed by atoms with Gasteiger partial charge in [0, 0.05) is 19.2 Å². The summed E-state index contributed by atoms with van der Waals surface area (Å²) < 4.78 is 60.5. The lowest BCUT2D eigenvalue weighted by Gasteiger charge is -2.29. The molecule has 3 rings (SSSR count). The Labute approximate surface area is 182 Å². The summed E-state index contributed by atoms with van der Waals surface area (Å²) >= 11 is 0. The van der Waals surface area contributed by atoms with E-state index in [1.165, 1.54) is 29.4 Å². The Hall–Kier alpha value is -2.79. The molecule has 2 N–H and O–H groups in total. The predicted molar refractivity (Wildman–Crippen MR) is 120 cm³/mol. The van der Waals surface area contributed by atoms with Crippen LogP contribution in [0.25, 0.3) is 0 Å². The standard InChI is InChI=1S/C20H25N3O6S2/c1-3-29-19-10-9-18(23-11-4-5-12-30(23,25)26)14-20(19)31(27,28)22-17-8-6-7-16(13-17)21-15(2)24/h6-10,13-14,22H,3-5,11-12H2,1-2H3,(H,21,24). The van der Waals surface area contributed by atoms with E-state index in [4.69, 9.17) is 4.74 Å². The molecule has 1 saturated heterocycles. The van der Waals surface area contributed by atoms with Crippen molar-refractivity contribution in [2.75, 3.05) is 33.2 Å². The molecule has 0 radical (unpaired) electrons. The summed E-state index contributed by atoms with van der Waals surface area (Å²) in [6.07, 6.45) is 1.27. The van der Waals surface area contributed by atoms with Gasteiger partial charge in [-0.15, -0.1) is 0 Å². The summed E-state index contributed by atoms with van der Waals surface area (Å²) in [5.74, 6) is -0.142. The number of amides is 1. The van der Waals surface area contributed by atoms with E-state index in [0.717, 1.165) is 0 Å². The molecule has 2 aromatic rings. The molecule has 0 spiro atoms. The van der Waals surface area contributed by atoms with Gasteiger partial charge in [0.2, 0.25) is 15.9 Å². The zero-order valence-electron chi connectivity index (χ0n) is 17.3. The summed E-state index contributed by atoms with van der Waals surface area (Å²) in [5.41, 5.74) is 0.950. The number of carbonyl (C=O) groups is 1. The molecule has 1 aliphatic heterocycles. The highest BCUT2D eigenvalue weighted by molar-refractivity contribution is 7.93. The lowest BCUT2D eigenvalue weighted by Crippen LogP contribution is -2.37. The fraction of sp³-hybridized carbons (Fsp3) is 0.350. The average Bonchev–Trinajstić information content (AvgIpc) is 2.68. The molecule has 0 unspecified atom stereocenters. The molecule has 11 heteroatoms. The molecular weight excluding hydrogens is 442 g/mol. The first-order valence-electron chi connectivity index (χ1n) is 9.80. The molecule has 31 heavy (non-hydrogen) atoms. The van der Waals surface area contributed by atoms with Gasteiger partial charge in [-0.05, 0) is 56.2 Å². The highest BCUT2D eigenvalue weighted by Gasteiger charge is 2.29. The lowest BCUT2D eigenvalue weighted by atomic mass is 10.2. The third-order valence-electron chi connectivity index (χ3n) is 4.59. The normalized spacial score (nSPS) is 15.9. The van der Waals surface area contributed by atoms with Crippen molar-refractivity contribution < 1.29 is 26.4 Å². The Bertz CT molecular complexity index is 1180. The molecule has 168 valence electrons. The maximum Gasteiger partial charge on any atom is 0.265 e. The van der Waals surface area contributed by atoms with Crippen molar-refractivity contribution in [3.05, 3.63) is 42.5 Å². The first-order valence-corrected chi connectivity index (χ1v) is 12.9. The lowest BCUT2D eigenvalue weighted by molar-refractivity contribution is -0.114. The SMILES string of the molecule is CCOc1ccc(N2CCCCS2(=O)=O)cc1S(=O)(=O)Nc1cccc(NC(C)=O)c1. The van der Waals surface area contributed by atoms with E-state index in [-0.39, 0.29) is 40.3 Å². The van der Waals surface area contributed by atoms with E-state index in [9.17, 15) is 21.6 Å². The maximum atomic E-state index is 13.2. The molecule has 0 saturated carbocycles. The van der Waals surface area contributed by atoms with Crippen LogP contribution in [0, 0.1) is 0 Å². The molecule has 1 amide bonds. The number of ether oxygens (including phenoxy) is 1.